The summed E-state index contributed by atoms with van der Waals surface area (Å²) in [5, 5.41) is 0.680. The molecule has 3 aromatic rings. The summed E-state index contributed by atoms with van der Waals surface area (Å²) in [5.41, 5.74) is 0.638. The number of benzene rings is 1. The van der Waals surface area contributed by atoms with Gasteiger partial charge in [-0.15, -0.1) is 0 Å². The van der Waals surface area contributed by atoms with Crippen LogP contribution >= 0.6 is 0 Å². The van der Waals surface area contributed by atoms with Crippen LogP contribution in [-0.4, -0.2) is 9.97 Å². The summed E-state index contributed by atoms with van der Waals surface area (Å²) in [4.78, 5) is 6.98. The topological polar surface area (TPSA) is 28.7 Å². The van der Waals surface area contributed by atoms with Crippen molar-refractivity contribution in [3.05, 3.63) is 54.4 Å². The van der Waals surface area contributed by atoms with Crippen LogP contribution in [0.2, 0.25) is 0 Å². The smallest absolute Gasteiger partial charge is 0.346 e. The third-order valence-electron chi connectivity index (χ3n) is 2.98. The molecule has 0 aliphatic heterocycles. The number of nitrogens with one attached hydrogen (secondary N) is 1. The first kappa shape index (κ1) is 11.8. The highest BCUT2D eigenvalue weighted by atomic mass is 19.4. The Kier molecular flexibility index (Phi) is 2.55. The number of fused-ring (bicyclic) bond motifs is 1. The molecule has 1 N–H and O–H groups in total. The third-order valence-corrected chi connectivity index (χ3v) is 2.98. The lowest BCUT2D eigenvalue weighted by atomic mass is 9.98. The van der Waals surface area contributed by atoms with Crippen molar-refractivity contribution >= 4 is 11.0 Å². The summed E-state index contributed by atoms with van der Waals surface area (Å²) in [6.07, 6.45) is -1.21. The number of nitrogens with zero attached hydrogens (tertiary/aromatic N) is 1. The van der Waals surface area contributed by atoms with Crippen LogP contribution in [-0.2, 0) is 6.18 Å². The molecule has 5 heteroatoms. The van der Waals surface area contributed by atoms with E-state index in [1.807, 2.05) is 0 Å². The number of halogens is 3. The minimum atomic E-state index is -4.37. The molecule has 0 amide bonds. The van der Waals surface area contributed by atoms with Gasteiger partial charge in [-0.2, -0.15) is 13.2 Å². The Balaban J connectivity index is 2.31. The van der Waals surface area contributed by atoms with Gasteiger partial charge in [-0.3, -0.25) is 0 Å². The van der Waals surface area contributed by atoms with Gasteiger partial charge >= 0.3 is 6.18 Å². The molecule has 0 radical (unpaired) electrons. The van der Waals surface area contributed by atoms with E-state index >= 15 is 0 Å². The zero-order valence-electron chi connectivity index (χ0n) is 9.70. The number of rotatable bonds is 1. The van der Waals surface area contributed by atoms with Crippen LogP contribution < -0.4 is 0 Å². The number of aromatic nitrogens is 2. The second-order valence-electron chi connectivity index (χ2n) is 4.14. The quantitative estimate of drug-likeness (QED) is 0.697. The van der Waals surface area contributed by atoms with Gasteiger partial charge in [0.05, 0.1) is 5.56 Å². The summed E-state index contributed by atoms with van der Waals surface area (Å²) in [6.45, 7) is 0. The van der Waals surface area contributed by atoms with Crippen molar-refractivity contribution in [1.29, 1.82) is 0 Å². The summed E-state index contributed by atoms with van der Waals surface area (Å²) >= 11 is 0. The highest BCUT2D eigenvalue weighted by Crippen LogP contribution is 2.38. The van der Waals surface area contributed by atoms with Gasteiger partial charge in [0.2, 0.25) is 0 Å². The average Bonchev–Trinajstić information content (AvgIpc) is 2.85. The van der Waals surface area contributed by atoms with Crippen LogP contribution in [0.5, 0.6) is 0 Å². The van der Waals surface area contributed by atoms with Gasteiger partial charge in [-0.25, -0.2) is 4.98 Å². The van der Waals surface area contributed by atoms with Gasteiger partial charge in [-0.1, -0.05) is 18.2 Å². The molecule has 96 valence electrons. The van der Waals surface area contributed by atoms with Crippen LogP contribution in [0.25, 0.3) is 22.2 Å². The lowest BCUT2D eigenvalue weighted by molar-refractivity contribution is -0.137. The first-order chi connectivity index (χ1) is 9.07. The van der Waals surface area contributed by atoms with E-state index in [1.165, 1.54) is 18.3 Å². The van der Waals surface area contributed by atoms with Crippen molar-refractivity contribution in [2.24, 2.45) is 0 Å². The highest BCUT2D eigenvalue weighted by Gasteiger charge is 2.33. The van der Waals surface area contributed by atoms with Gasteiger partial charge in [0, 0.05) is 17.8 Å². The van der Waals surface area contributed by atoms with E-state index in [-0.39, 0.29) is 5.56 Å². The van der Waals surface area contributed by atoms with Gasteiger partial charge in [-0.05, 0) is 29.3 Å². The monoisotopic (exact) mass is 262 g/mol. The fourth-order valence-corrected chi connectivity index (χ4v) is 2.16. The summed E-state index contributed by atoms with van der Waals surface area (Å²) in [5.74, 6) is 0. The van der Waals surface area contributed by atoms with Crippen molar-refractivity contribution in [2.75, 3.05) is 0 Å². The molecular weight excluding hydrogens is 253 g/mol. The minimum Gasteiger partial charge on any atom is -0.346 e. The summed E-state index contributed by atoms with van der Waals surface area (Å²) in [6, 6.07) is 8.88. The standard InChI is InChI=1S/C14H9F3N2/c15-14(16,17)12-4-2-1-3-10(12)9-5-7-18-13-11(9)6-8-19-13/h1-8H,(H,18,19). The maximum Gasteiger partial charge on any atom is 0.417 e. The van der Waals surface area contributed by atoms with Crippen molar-refractivity contribution in [2.45, 2.75) is 6.18 Å². The normalized spacial score (nSPS) is 11.9. The number of hydrogen-bond donors (Lipinski definition) is 1. The van der Waals surface area contributed by atoms with Gasteiger partial charge in [0.15, 0.2) is 0 Å². The molecule has 2 nitrogen and oxygen atoms in total. The lowest BCUT2D eigenvalue weighted by Crippen LogP contribution is -2.06. The summed E-state index contributed by atoms with van der Waals surface area (Å²) < 4.78 is 39.1. The van der Waals surface area contributed by atoms with E-state index in [9.17, 15) is 13.2 Å². The SMILES string of the molecule is FC(F)(F)c1ccccc1-c1ccnc2[nH]ccc12. The molecule has 0 unspecified atom stereocenters. The third kappa shape index (κ3) is 1.97. The van der Waals surface area contributed by atoms with E-state index < -0.39 is 11.7 Å². The largest absolute Gasteiger partial charge is 0.417 e. The maximum absolute atomic E-state index is 13.0. The fourth-order valence-electron chi connectivity index (χ4n) is 2.16. The second-order valence-corrected chi connectivity index (χ2v) is 4.14. The number of alkyl halides is 3. The Morgan fingerprint density at radius 3 is 2.53 bits per heavy atom. The zero-order valence-corrected chi connectivity index (χ0v) is 9.70. The second kappa shape index (κ2) is 4.12. The molecule has 0 saturated carbocycles. The molecule has 0 atom stereocenters. The first-order valence-electron chi connectivity index (χ1n) is 5.66. The number of pyridine rings is 1. The molecule has 0 fully saturated rings. The lowest BCUT2D eigenvalue weighted by Gasteiger charge is -2.13. The van der Waals surface area contributed by atoms with Gasteiger partial charge in [0.25, 0.3) is 0 Å². The van der Waals surface area contributed by atoms with Crippen LogP contribution in [0.15, 0.2) is 48.8 Å². The van der Waals surface area contributed by atoms with Crippen LogP contribution in [0.3, 0.4) is 0 Å². The average molecular weight is 262 g/mol. The Hall–Kier alpha value is -2.30. The summed E-state index contributed by atoms with van der Waals surface area (Å²) in [7, 11) is 0. The van der Waals surface area contributed by atoms with E-state index in [4.69, 9.17) is 0 Å². The predicted octanol–water partition coefficient (Wildman–Crippen LogP) is 4.25. The van der Waals surface area contributed by atoms with E-state index in [0.29, 0.717) is 16.6 Å². The molecule has 2 aromatic heterocycles. The highest BCUT2D eigenvalue weighted by molar-refractivity contribution is 5.93. The van der Waals surface area contributed by atoms with Crippen LogP contribution in [0.1, 0.15) is 5.56 Å². The molecule has 0 aliphatic carbocycles. The molecule has 0 spiro atoms. The molecule has 1 aromatic carbocycles. The fraction of sp³-hybridized carbons (Fsp3) is 0.0714. The Morgan fingerprint density at radius 1 is 0.947 bits per heavy atom. The number of hydrogen-bond acceptors (Lipinski definition) is 1. The van der Waals surface area contributed by atoms with E-state index in [0.717, 1.165) is 6.07 Å². The van der Waals surface area contributed by atoms with Crippen molar-refractivity contribution in [1.82, 2.24) is 9.97 Å². The number of H-pyrrole nitrogens is 1. The van der Waals surface area contributed by atoms with Crippen molar-refractivity contribution in [3.63, 3.8) is 0 Å². The number of aromatic amines is 1. The van der Waals surface area contributed by atoms with E-state index in [2.05, 4.69) is 9.97 Å². The zero-order chi connectivity index (χ0) is 13.5. The van der Waals surface area contributed by atoms with Crippen molar-refractivity contribution < 1.29 is 13.2 Å². The van der Waals surface area contributed by atoms with Crippen LogP contribution in [0.4, 0.5) is 13.2 Å². The predicted molar refractivity (Wildman–Crippen MR) is 66.5 cm³/mol. The Bertz CT molecular complexity index is 729. The Morgan fingerprint density at radius 2 is 1.74 bits per heavy atom. The minimum absolute atomic E-state index is 0.169. The molecule has 19 heavy (non-hydrogen) atoms. The molecule has 0 bridgehead atoms. The molecule has 0 saturated heterocycles. The van der Waals surface area contributed by atoms with Crippen LogP contribution in [0, 0.1) is 0 Å². The molecular formula is C14H9F3N2. The molecule has 3 rings (SSSR count). The molecule has 2 heterocycles. The first-order valence-corrected chi connectivity index (χ1v) is 5.66. The van der Waals surface area contributed by atoms with Gasteiger partial charge in [0.1, 0.15) is 5.65 Å². The van der Waals surface area contributed by atoms with Gasteiger partial charge < -0.3 is 4.98 Å². The van der Waals surface area contributed by atoms with E-state index in [1.54, 1.807) is 24.4 Å². The maximum atomic E-state index is 13.0. The molecule has 0 aliphatic rings. The van der Waals surface area contributed by atoms with Crippen molar-refractivity contribution in [3.8, 4) is 11.1 Å². The Labute approximate surface area is 106 Å².